The van der Waals surface area contributed by atoms with Crippen molar-refractivity contribution in [2.45, 2.75) is 44.6 Å². The van der Waals surface area contributed by atoms with Gasteiger partial charge < -0.3 is 4.74 Å². The molecular formula is C24H31F3N2O3S. The summed E-state index contributed by atoms with van der Waals surface area (Å²) in [6.07, 6.45) is -0.989. The number of piperidine rings is 1. The fraction of sp³-hybridized carbons (Fsp3) is 0.500. The minimum Gasteiger partial charge on any atom is -0.377 e. The molecule has 1 aliphatic heterocycles. The Balaban J connectivity index is 1.57. The number of sulfonamides is 1. The normalized spacial score (nSPS) is 18.0. The van der Waals surface area contributed by atoms with Gasteiger partial charge >= 0.3 is 6.18 Å². The molecular weight excluding hydrogens is 453 g/mol. The third kappa shape index (κ3) is 8.41. The molecule has 2 aromatic rings. The van der Waals surface area contributed by atoms with Gasteiger partial charge in [0.05, 0.1) is 17.9 Å². The second-order valence-electron chi connectivity index (χ2n) is 8.50. The van der Waals surface area contributed by atoms with Gasteiger partial charge in [-0.15, -0.1) is 0 Å². The Hall–Kier alpha value is -1.94. The van der Waals surface area contributed by atoms with Crippen molar-refractivity contribution in [2.75, 3.05) is 32.5 Å². The van der Waals surface area contributed by atoms with Crippen LogP contribution in [0, 0.1) is 0 Å². The molecule has 0 saturated carbocycles. The summed E-state index contributed by atoms with van der Waals surface area (Å²) in [5.74, 6) is 0. The Labute approximate surface area is 194 Å². The average Bonchev–Trinajstić information content (AvgIpc) is 2.76. The second-order valence-corrected chi connectivity index (χ2v) is 10.5. The highest BCUT2D eigenvalue weighted by Crippen LogP contribution is 2.30. The summed E-state index contributed by atoms with van der Waals surface area (Å²) in [6, 6.07) is 15.3. The summed E-state index contributed by atoms with van der Waals surface area (Å²) in [5, 5.41) is 0. The standard InChI is InChI=1S/C24H31F3N2O3S/c1-33(30,31)29-14-6-12-23(19-29)32-15-7-13-28(17-20-8-3-2-4-9-20)18-21-10-5-11-22(16-21)24(25,26)27/h2-5,8-11,16,23H,6-7,12-15,17-19H2,1H3. The van der Waals surface area contributed by atoms with Crippen LogP contribution >= 0.6 is 0 Å². The number of benzene rings is 2. The van der Waals surface area contributed by atoms with Crippen LogP contribution in [0.4, 0.5) is 13.2 Å². The van der Waals surface area contributed by atoms with E-state index in [2.05, 4.69) is 4.90 Å². The van der Waals surface area contributed by atoms with Gasteiger partial charge in [0.15, 0.2) is 0 Å². The first kappa shape index (κ1) is 25.7. The Bertz CT molecular complexity index is 984. The summed E-state index contributed by atoms with van der Waals surface area (Å²) in [4.78, 5) is 2.11. The van der Waals surface area contributed by atoms with Crippen molar-refractivity contribution in [2.24, 2.45) is 0 Å². The van der Waals surface area contributed by atoms with E-state index in [0.29, 0.717) is 51.3 Å². The van der Waals surface area contributed by atoms with Gasteiger partial charge in [-0.3, -0.25) is 4.90 Å². The maximum Gasteiger partial charge on any atom is 0.416 e. The fourth-order valence-corrected chi connectivity index (χ4v) is 4.94. The van der Waals surface area contributed by atoms with Crippen LogP contribution in [0.1, 0.15) is 36.0 Å². The van der Waals surface area contributed by atoms with Gasteiger partial charge in [0.1, 0.15) is 0 Å². The number of halogens is 3. The average molecular weight is 485 g/mol. The lowest BCUT2D eigenvalue weighted by atomic mass is 10.1. The number of alkyl halides is 3. The van der Waals surface area contributed by atoms with Crippen LogP contribution in [0.5, 0.6) is 0 Å². The van der Waals surface area contributed by atoms with Gasteiger partial charge in [-0.2, -0.15) is 17.5 Å². The van der Waals surface area contributed by atoms with Crippen molar-refractivity contribution in [1.82, 2.24) is 9.21 Å². The molecule has 0 radical (unpaired) electrons. The summed E-state index contributed by atoms with van der Waals surface area (Å²) in [5.41, 5.74) is 1.05. The number of nitrogens with zero attached hydrogens (tertiary/aromatic N) is 2. The number of hydrogen-bond acceptors (Lipinski definition) is 4. The zero-order chi connectivity index (χ0) is 23.9. The van der Waals surface area contributed by atoms with E-state index < -0.39 is 21.8 Å². The summed E-state index contributed by atoms with van der Waals surface area (Å²) < 4.78 is 70.3. The van der Waals surface area contributed by atoms with Crippen molar-refractivity contribution in [3.63, 3.8) is 0 Å². The molecule has 9 heteroatoms. The lowest BCUT2D eigenvalue weighted by Crippen LogP contribution is -2.42. The molecule has 2 aromatic carbocycles. The van der Waals surface area contributed by atoms with Crippen molar-refractivity contribution >= 4 is 10.0 Å². The predicted octanol–water partition coefficient (Wildman–Crippen LogP) is 4.54. The van der Waals surface area contributed by atoms with Gasteiger partial charge in [0.2, 0.25) is 10.0 Å². The molecule has 1 aliphatic rings. The van der Waals surface area contributed by atoms with E-state index in [1.54, 1.807) is 6.07 Å². The van der Waals surface area contributed by atoms with E-state index in [9.17, 15) is 21.6 Å². The quantitative estimate of drug-likeness (QED) is 0.465. The molecule has 0 aliphatic carbocycles. The Kier molecular flexibility index (Phi) is 8.92. The van der Waals surface area contributed by atoms with E-state index >= 15 is 0 Å². The lowest BCUT2D eigenvalue weighted by molar-refractivity contribution is -0.137. The zero-order valence-electron chi connectivity index (χ0n) is 18.8. The lowest BCUT2D eigenvalue weighted by Gasteiger charge is -2.31. The maximum absolute atomic E-state index is 13.1. The van der Waals surface area contributed by atoms with E-state index in [0.717, 1.165) is 24.5 Å². The van der Waals surface area contributed by atoms with E-state index in [-0.39, 0.29) is 6.10 Å². The Morgan fingerprint density at radius 3 is 2.45 bits per heavy atom. The van der Waals surface area contributed by atoms with Crippen molar-refractivity contribution in [3.05, 3.63) is 71.3 Å². The van der Waals surface area contributed by atoms with Crippen LogP contribution in [0.2, 0.25) is 0 Å². The molecule has 0 bridgehead atoms. The smallest absolute Gasteiger partial charge is 0.377 e. The molecule has 1 atom stereocenters. The number of ether oxygens (including phenoxy) is 1. The first-order valence-electron chi connectivity index (χ1n) is 11.1. The van der Waals surface area contributed by atoms with Gasteiger partial charge in [0, 0.05) is 39.3 Å². The zero-order valence-corrected chi connectivity index (χ0v) is 19.6. The predicted molar refractivity (Wildman–Crippen MR) is 122 cm³/mol. The summed E-state index contributed by atoms with van der Waals surface area (Å²) >= 11 is 0. The Morgan fingerprint density at radius 1 is 1.06 bits per heavy atom. The third-order valence-corrected chi connectivity index (χ3v) is 6.96. The molecule has 0 N–H and O–H groups in total. The topological polar surface area (TPSA) is 49.9 Å². The number of hydrogen-bond donors (Lipinski definition) is 0. The van der Waals surface area contributed by atoms with E-state index in [1.807, 2.05) is 30.3 Å². The van der Waals surface area contributed by atoms with Crippen LogP contribution in [0.25, 0.3) is 0 Å². The molecule has 33 heavy (non-hydrogen) atoms. The van der Waals surface area contributed by atoms with Crippen molar-refractivity contribution in [3.8, 4) is 0 Å². The highest BCUT2D eigenvalue weighted by molar-refractivity contribution is 7.88. The van der Waals surface area contributed by atoms with Gasteiger partial charge in [0.25, 0.3) is 0 Å². The third-order valence-electron chi connectivity index (χ3n) is 5.69. The molecule has 1 saturated heterocycles. The summed E-state index contributed by atoms with van der Waals surface area (Å²) in [6.45, 7) is 3.02. The highest BCUT2D eigenvalue weighted by atomic mass is 32.2. The van der Waals surface area contributed by atoms with Crippen LogP contribution < -0.4 is 0 Å². The van der Waals surface area contributed by atoms with Crippen LogP contribution in [0.15, 0.2) is 54.6 Å². The molecule has 3 rings (SSSR count). The van der Waals surface area contributed by atoms with E-state index in [1.165, 1.54) is 22.7 Å². The highest BCUT2D eigenvalue weighted by Gasteiger charge is 2.30. The molecule has 1 unspecified atom stereocenters. The first-order valence-corrected chi connectivity index (χ1v) is 13.0. The molecule has 0 amide bonds. The number of rotatable bonds is 10. The van der Waals surface area contributed by atoms with Crippen LogP contribution in [0.3, 0.4) is 0 Å². The van der Waals surface area contributed by atoms with Gasteiger partial charge in [-0.25, -0.2) is 8.42 Å². The molecule has 0 spiro atoms. The fourth-order valence-electron chi connectivity index (χ4n) is 4.04. The molecule has 5 nitrogen and oxygen atoms in total. The van der Waals surface area contributed by atoms with Crippen molar-refractivity contribution < 1.29 is 26.3 Å². The van der Waals surface area contributed by atoms with Crippen LogP contribution in [-0.4, -0.2) is 56.2 Å². The van der Waals surface area contributed by atoms with E-state index in [4.69, 9.17) is 4.74 Å². The largest absolute Gasteiger partial charge is 0.416 e. The second kappa shape index (κ2) is 11.5. The van der Waals surface area contributed by atoms with Crippen molar-refractivity contribution in [1.29, 1.82) is 0 Å². The molecule has 1 heterocycles. The SMILES string of the molecule is CS(=O)(=O)N1CCCC(OCCCN(Cc2ccccc2)Cc2cccc(C(F)(F)F)c2)C1. The van der Waals surface area contributed by atoms with Gasteiger partial charge in [-0.1, -0.05) is 48.5 Å². The molecule has 182 valence electrons. The monoisotopic (exact) mass is 484 g/mol. The minimum absolute atomic E-state index is 0.125. The maximum atomic E-state index is 13.1. The minimum atomic E-state index is -4.37. The van der Waals surface area contributed by atoms with Crippen LogP contribution in [-0.2, 0) is 34.0 Å². The Morgan fingerprint density at radius 2 is 1.76 bits per heavy atom. The molecule has 0 aromatic heterocycles. The summed E-state index contributed by atoms with van der Waals surface area (Å²) in [7, 11) is -3.22. The molecule has 1 fully saturated rings. The van der Waals surface area contributed by atoms with Gasteiger partial charge in [-0.05, 0) is 36.5 Å². The first-order chi connectivity index (χ1) is 15.6.